The molecule has 0 bridgehead atoms. The molecule has 78 valence electrons. The van der Waals surface area contributed by atoms with Crippen molar-refractivity contribution in [2.45, 2.75) is 6.92 Å². The lowest BCUT2D eigenvalue weighted by Gasteiger charge is -2.01. The summed E-state index contributed by atoms with van der Waals surface area (Å²) in [6, 6.07) is 9.55. The lowest BCUT2D eigenvalue weighted by molar-refractivity contribution is -0.119. The molecule has 0 heterocycles. The first-order valence-electron chi connectivity index (χ1n) is 4.69. The molecule has 3 heteroatoms. The van der Waals surface area contributed by atoms with Crippen molar-refractivity contribution in [1.29, 1.82) is 0 Å². The minimum absolute atomic E-state index is 0.0544. The van der Waals surface area contributed by atoms with Gasteiger partial charge in [0.25, 0.3) is 0 Å². The molecular formula is C12H13NO2. The molecule has 0 aliphatic carbocycles. The van der Waals surface area contributed by atoms with Crippen LogP contribution >= 0.6 is 0 Å². The van der Waals surface area contributed by atoms with Crippen LogP contribution < -0.4 is 5.32 Å². The molecule has 0 saturated heterocycles. The molecule has 1 aromatic rings. The summed E-state index contributed by atoms with van der Waals surface area (Å²) in [5.41, 5.74) is 1.55. The first kappa shape index (κ1) is 11.2. The van der Waals surface area contributed by atoms with Gasteiger partial charge in [-0.15, -0.1) is 0 Å². The number of aldehydes is 1. The van der Waals surface area contributed by atoms with E-state index in [1.807, 2.05) is 30.3 Å². The molecule has 1 aromatic carbocycles. The number of nitrogens with one attached hydrogen (secondary N) is 1. The van der Waals surface area contributed by atoms with E-state index in [1.165, 1.54) is 0 Å². The molecule has 0 unspecified atom stereocenters. The van der Waals surface area contributed by atoms with E-state index in [-0.39, 0.29) is 12.5 Å². The lowest BCUT2D eigenvalue weighted by atomic mass is 10.1. The van der Waals surface area contributed by atoms with Crippen LogP contribution in [0, 0.1) is 0 Å². The molecule has 0 atom stereocenters. The van der Waals surface area contributed by atoms with Crippen LogP contribution in [0.4, 0.5) is 0 Å². The fraction of sp³-hybridized carbons (Fsp3) is 0.167. The van der Waals surface area contributed by atoms with E-state index in [1.54, 1.807) is 13.0 Å². The summed E-state index contributed by atoms with van der Waals surface area (Å²) in [7, 11) is 0. The van der Waals surface area contributed by atoms with Gasteiger partial charge in [0.15, 0.2) is 0 Å². The van der Waals surface area contributed by atoms with Gasteiger partial charge in [-0.2, -0.15) is 0 Å². The van der Waals surface area contributed by atoms with Crippen LogP contribution in [0.2, 0.25) is 0 Å². The average Bonchev–Trinajstić information content (AvgIpc) is 2.27. The maximum Gasteiger partial charge on any atom is 0.247 e. The van der Waals surface area contributed by atoms with Crippen molar-refractivity contribution in [2.75, 3.05) is 6.54 Å². The van der Waals surface area contributed by atoms with Crippen LogP contribution in [0.1, 0.15) is 12.5 Å². The van der Waals surface area contributed by atoms with Gasteiger partial charge < -0.3 is 10.1 Å². The number of benzene rings is 1. The van der Waals surface area contributed by atoms with Gasteiger partial charge in [0.05, 0.1) is 6.54 Å². The zero-order valence-corrected chi connectivity index (χ0v) is 8.57. The molecule has 0 aliphatic heterocycles. The normalized spacial score (nSPS) is 10.9. The Hall–Kier alpha value is -1.90. The van der Waals surface area contributed by atoms with Crippen molar-refractivity contribution in [3.8, 4) is 0 Å². The largest absolute Gasteiger partial charge is 0.346 e. The number of carbonyl (C=O) groups is 2. The first-order valence-corrected chi connectivity index (χ1v) is 4.69. The van der Waals surface area contributed by atoms with Crippen molar-refractivity contribution in [3.63, 3.8) is 0 Å². The zero-order chi connectivity index (χ0) is 11.1. The molecule has 1 rings (SSSR count). The summed E-state index contributed by atoms with van der Waals surface area (Å²) in [5.74, 6) is -0.217. The Morgan fingerprint density at radius 3 is 2.60 bits per heavy atom. The monoisotopic (exact) mass is 203 g/mol. The third kappa shape index (κ3) is 3.77. The van der Waals surface area contributed by atoms with E-state index in [2.05, 4.69) is 5.32 Å². The molecule has 1 amide bonds. The molecule has 15 heavy (non-hydrogen) atoms. The highest BCUT2D eigenvalue weighted by molar-refractivity contribution is 5.97. The van der Waals surface area contributed by atoms with Gasteiger partial charge in [-0.25, -0.2) is 0 Å². The molecule has 0 aromatic heterocycles. The maximum absolute atomic E-state index is 11.4. The van der Waals surface area contributed by atoms with Crippen LogP contribution in [0.5, 0.6) is 0 Å². The Bertz CT molecular complexity index is 368. The van der Waals surface area contributed by atoms with E-state index in [0.717, 1.165) is 5.56 Å². The topological polar surface area (TPSA) is 46.2 Å². The van der Waals surface area contributed by atoms with Gasteiger partial charge in [0.2, 0.25) is 5.91 Å². The standard InChI is InChI=1S/C12H13NO2/c1-10(12(15)13-7-8-14)9-11-5-3-2-4-6-11/h2-6,8-9H,7H2,1H3,(H,13,15). The SMILES string of the molecule is CC(=Cc1ccccc1)C(=O)NCC=O. The second-order valence-electron chi connectivity index (χ2n) is 3.11. The quantitative estimate of drug-likeness (QED) is 0.594. The lowest BCUT2D eigenvalue weighted by Crippen LogP contribution is -2.25. The van der Waals surface area contributed by atoms with Crippen molar-refractivity contribution < 1.29 is 9.59 Å². The Kier molecular flexibility index (Phi) is 4.29. The van der Waals surface area contributed by atoms with E-state index >= 15 is 0 Å². The van der Waals surface area contributed by atoms with E-state index in [9.17, 15) is 9.59 Å². The highest BCUT2D eigenvalue weighted by Crippen LogP contribution is 2.05. The van der Waals surface area contributed by atoms with Crippen LogP contribution in [0.15, 0.2) is 35.9 Å². The fourth-order valence-electron chi connectivity index (χ4n) is 1.14. The maximum atomic E-state index is 11.4. The molecule has 0 fully saturated rings. The summed E-state index contributed by atoms with van der Waals surface area (Å²) in [4.78, 5) is 21.4. The fourth-order valence-corrected chi connectivity index (χ4v) is 1.14. The second kappa shape index (κ2) is 5.75. The molecule has 3 nitrogen and oxygen atoms in total. The highest BCUT2D eigenvalue weighted by Gasteiger charge is 2.01. The van der Waals surface area contributed by atoms with Crippen molar-refractivity contribution in [1.82, 2.24) is 5.32 Å². The van der Waals surface area contributed by atoms with Crippen molar-refractivity contribution in [3.05, 3.63) is 41.5 Å². The predicted octanol–water partition coefficient (Wildman–Crippen LogP) is 1.40. The van der Waals surface area contributed by atoms with Gasteiger partial charge in [-0.05, 0) is 18.6 Å². The van der Waals surface area contributed by atoms with Gasteiger partial charge in [0, 0.05) is 5.57 Å². The molecule has 0 aliphatic rings. The first-order chi connectivity index (χ1) is 7.24. The van der Waals surface area contributed by atoms with Crippen LogP contribution in [-0.4, -0.2) is 18.7 Å². The Morgan fingerprint density at radius 2 is 2.00 bits per heavy atom. The van der Waals surface area contributed by atoms with Crippen molar-refractivity contribution >= 4 is 18.3 Å². The van der Waals surface area contributed by atoms with E-state index in [4.69, 9.17) is 0 Å². The summed E-state index contributed by atoms with van der Waals surface area (Å²) < 4.78 is 0. The second-order valence-corrected chi connectivity index (χ2v) is 3.11. The molecule has 1 N–H and O–H groups in total. The predicted molar refractivity (Wildman–Crippen MR) is 59.2 cm³/mol. The minimum atomic E-state index is -0.217. The van der Waals surface area contributed by atoms with Gasteiger partial charge in [-0.3, -0.25) is 4.79 Å². The van der Waals surface area contributed by atoms with Gasteiger partial charge in [0.1, 0.15) is 6.29 Å². The number of amides is 1. The summed E-state index contributed by atoms with van der Waals surface area (Å²) >= 11 is 0. The van der Waals surface area contributed by atoms with Crippen molar-refractivity contribution in [2.24, 2.45) is 0 Å². The van der Waals surface area contributed by atoms with Crippen LogP contribution in [0.3, 0.4) is 0 Å². The Balaban J connectivity index is 2.67. The minimum Gasteiger partial charge on any atom is -0.346 e. The van der Waals surface area contributed by atoms with E-state index < -0.39 is 0 Å². The smallest absolute Gasteiger partial charge is 0.247 e. The van der Waals surface area contributed by atoms with E-state index in [0.29, 0.717) is 11.9 Å². The summed E-state index contributed by atoms with van der Waals surface area (Å²) in [6.07, 6.45) is 2.44. The number of hydrogen-bond donors (Lipinski definition) is 1. The average molecular weight is 203 g/mol. The Morgan fingerprint density at radius 1 is 1.33 bits per heavy atom. The number of hydrogen-bond acceptors (Lipinski definition) is 2. The Labute approximate surface area is 88.8 Å². The number of rotatable bonds is 4. The molecule has 0 saturated carbocycles. The summed E-state index contributed by atoms with van der Waals surface area (Å²) in [6.45, 7) is 1.77. The molecule has 0 spiro atoms. The molecule has 0 radical (unpaired) electrons. The van der Waals surface area contributed by atoms with Crippen LogP contribution in [-0.2, 0) is 9.59 Å². The highest BCUT2D eigenvalue weighted by atomic mass is 16.2. The zero-order valence-electron chi connectivity index (χ0n) is 8.57. The molecular weight excluding hydrogens is 190 g/mol. The van der Waals surface area contributed by atoms with Gasteiger partial charge >= 0.3 is 0 Å². The summed E-state index contributed by atoms with van der Waals surface area (Å²) in [5, 5.41) is 2.48. The third-order valence-corrected chi connectivity index (χ3v) is 1.89. The van der Waals surface area contributed by atoms with Gasteiger partial charge in [-0.1, -0.05) is 30.3 Å². The third-order valence-electron chi connectivity index (χ3n) is 1.89. The van der Waals surface area contributed by atoms with Crippen LogP contribution in [0.25, 0.3) is 6.08 Å². The number of carbonyl (C=O) groups excluding carboxylic acids is 2.